The van der Waals surface area contributed by atoms with Crippen LogP contribution >= 0.6 is 11.3 Å². The van der Waals surface area contributed by atoms with Crippen molar-refractivity contribution in [3.8, 4) is 11.8 Å². The molecule has 3 aliphatic carbocycles. The zero-order chi connectivity index (χ0) is 25.4. The fourth-order valence-corrected chi connectivity index (χ4v) is 5.95. The number of hydrogen-bond donors (Lipinski definition) is 0. The number of ketones is 1. The number of carbonyl (C=O) groups is 3. The van der Waals surface area contributed by atoms with E-state index in [9.17, 15) is 27.6 Å². The predicted octanol–water partition coefficient (Wildman–Crippen LogP) is 5.90. The standard InChI is InChI=1S/C26H30F3NO4S/c1-16-3-5-17(6-4-16)23(32)30(18-7-9-19(31)10-8-18)21-15-20(35-22(21)24(33)34-2)11-12-25(13-14-25)26(27,28)29/h15-18H,3-10,13-14H2,1-2H3/t16-,17-. The molecule has 1 heterocycles. The van der Waals surface area contributed by atoms with Crippen molar-refractivity contribution < 1.29 is 32.3 Å². The van der Waals surface area contributed by atoms with Crippen LogP contribution in [0, 0.1) is 29.1 Å². The number of esters is 1. The van der Waals surface area contributed by atoms with Gasteiger partial charge in [-0.2, -0.15) is 13.2 Å². The minimum absolute atomic E-state index is 0.0353. The van der Waals surface area contributed by atoms with Gasteiger partial charge in [0, 0.05) is 24.8 Å². The zero-order valence-electron chi connectivity index (χ0n) is 20.0. The molecule has 3 saturated carbocycles. The number of carbonyl (C=O) groups excluding carboxylic acids is 3. The van der Waals surface area contributed by atoms with Gasteiger partial charge in [0.15, 0.2) is 0 Å². The third-order valence-corrected chi connectivity index (χ3v) is 8.56. The van der Waals surface area contributed by atoms with E-state index in [-0.39, 0.29) is 46.2 Å². The van der Waals surface area contributed by atoms with Crippen LogP contribution in [0.25, 0.3) is 0 Å². The van der Waals surface area contributed by atoms with Gasteiger partial charge < -0.3 is 9.64 Å². The van der Waals surface area contributed by atoms with Gasteiger partial charge in [-0.05, 0) is 63.4 Å². The van der Waals surface area contributed by atoms with Crippen molar-refractivity contribution in [3.63, 3.8) is 0 Å². The molecule has 9 heteroatoms. The number of methoxy groups -OCH3 is 1. The van der Waals surface area contributed by atoms with Gasteiger partial charge in [0.25, 0.3) is 0 Å². The van der Waals surface area contributed by atoms with E-state index in [2.05, 4.69) is 18.8 Å². The molecule has 3 fully saturated rings. The molecular weight excluding hydrogens is 479 g/mol. The van der Waals surface area contributed by atoms with Crippen LogP contribution in [0.2, 0.25) is 0 Å². The number of rotatable bonds is 4. The summed E-state index contributed by atoms with van der Waals surface area (Å²) in [6, 6.07) is 1.29. The van der Waals surface area contributed by atoms with Crippen LogP contribution in [0.1, 0.15) is 85.7 Å². The molecular formula is C26H30F3NO4S. The van der Waals surface area contributed by atoms with E-state index in [1.807, 2.05) is 0 Å². The van der Waals surface area contributed by atoms with Crippen molar-refractivity contribution in [1.82, 2.24) is 0 Å². The van der Waals surface area contributed by atoms with Crippen LogP contribution in [-0.2, 0) is 14.3 Å². The molecule has 1 amide bonds. The summed E-state index contributed by atoms with van der Waals surface area (Å²) in [5, 5.41) is 0. The lowest BCUT2D eigenvalue weighted by atomic mass is 9.81. The summed E-state index contributed by atoms with van der Waals surface area (Å²) >= 11 is 0.952. The summed E-state index contributed by atoms with van der Waals surface area (Å²) in [5.74, 6) is 4.77. The number of anilines is 1. The Kier molecular flexibility index (Phi) is 7.33. The lowest BCUT2D eigenvalue weighted by Crippen LogP contribution is -2.46. The van der Waals surface area contributed by atoms with Gasteiger partial charge in [-0.1, -0.05) is 18.8 Å². The van der Waals surface area contributed by atoms with E-state index in [4.69, 9.17) is 4.74 Å². The van der Waals surface area contributed by atoms with Crippen molar-refractivity contribution >= 4 is 34.7 Å². The maximum atomic E-state index is 13.8. The van der Waals surface area contributed by atoms with Crippen molar-refractivity contribution in [1.29, 1.82) is 0 Å². The number of amides is 1. The number of thiophene rings is 1. The van der Waals surface area contributed by atoms with Gasteiger partial charge in [-0.15, -0.1) is 11.3 Å². The lowest BCUT2D eigenvalue weighted by molar-refractivity contribution is -0.168. The quantitative estimate of drug-likeness (QED) is 0.375. The second-order valence-electron chi connectivity index (χ2n) is 10.1. The molecule has 0 bridgehead atoms. The Balaban J connectivity index is 1.72. The van der Waals surface area contributed by atoms with E-state index < -0.39 is 17.6 Å². The molecule has 0 aromatic carbocycles. The Morgan fingerprint density at radius 2 is 1.74 bits per heavy atom. The summed E-state index contributed by atoms with van der Waals surface area (Å²) in [4.78, 5) is 40.5. The van der Waals surface area contributed by atoms with Crippen molar-refractivity contribution in [2.75, 3.05) is 12.0 Å². The molecule has 0 unspecified atom stereocenters. The number of hydrogen-bond acceptors (Lipinski definition) is 5. The third-order valence-electron chi connectivity index (χ3n) is 7.54. The molecule has 1 aromatic rings. The summed E-state index contributed by atoms with van der Waals surface area (Å²) in [7, 11) is 1.23. The average Bonchev–Trinajstić information content (AvgIpc) is 3.53. The Morgan fingerprint density at radius 3 is 2.29 bits per heavy atom. The van der Waals surface area contributed by atoms with Crippen LogP contribution < -0.4 is 4.90 Å². The van der Waals surface area contributed by atoms with Crippen LogP contribution in [0.15, 0.2) is 6.07 Å². The molecule has 0 N–H and O–H groups in total. The van der Waals surface area contributed by atoms with Gasteiger partial charge in [-0.25, -0.2) is 4.79 Å². The first-order chi connectivity index (χ1) is 16.5. The predicted molar refractivity (Wildman–Crippen MR) is 126 cm³/mol. The van der Waals surface area contributed by atoms with Gasteiger partial charge >= 0.3 is 12.1 Å². The molecule has 0 aliphatic heterocycles. The van der Waals surface area contributed by atoms with Gasteiger partial charge in [0.1, 0.15) is 16.1 Å². The van der Waals surface area contributed by atoms with Crippen molar-refractivity contribution in [2.24, 2.45) is 17.3 Å². The number of ether oxygens (including phenoxy) is 1. The fourth-order valence-electron chi connectivity index (χ4n) is 5.03. The highest BCUT2D eigenvalue weighted by atomic mass is 32.1. The Morgan fingerprint density at radius 1 is 1.11 bits per heavy atom. The second-order valence-corrected chi connectivity index (χ2v) is 11.1. The first-order valence-electron chi connectivity index (χ1n) is 12.2. The van der Waals surface area contributed by atoms with Crippen LogP contribution in [0.3, 0.4) is 0 Å². The molecule has 35 heavy (non-hydrogen) atoms. The van der Waals surface area contributed by atoms with E-state index in [0.29, 0.717) is 37.3 Å². The highest BCUT2D eigenvalue weighted by Crippen LogP contribution is 2.57. The first kappa shape index (κ1) is 25.7. The van der Waals surface area contributed by atoms with E-state index in [0.717, 1.165) is 37.0 Å². The van der Waals surface area contributed by atoms with Crippen LogP contribution in [0.4, 0.5) is 18.9 Å². The van der Waals surface area contributed by atoms with Gasteiger partial charge in [0.05, 0.1) is 17.7 Å². The molecule has 0 saturated heterocycles. The maximum absolute atomic E-state index is 13.8. The summed E-state index contributed by atoms with van der Waals surface area (Å²) in [6.45, 7) is 2.16. The molecule has 190 valence electrons. The fraction of sp³-hybridized carbons (Fsp3) is 0.654. The lowest BCUT2D eigenvalue weighted by Gasteiger charge is -2.37. The maximum Gasteiger partial charge on any atom is 0.405 e. The zero-order valence-corrected chi connectivity index (χ0v) is 20.8. The smallest absolute Gasteiger partial charge is 0.405 e. The van der Waals surface area contributed by atoms with Gasteiger partial charge in [-0.3, -0.25) is 9.59 Å². The van der Waals surface area contributed by atoms with Gasteiger partial charge in [0.2, 0.25) is 5.91 Å². The molecule has 1 aromatic heterocycles. The van der Waals surface area contributed by atoms with Crippen LogP contribution in [-0.4, -0.2) is 37.0 Å². The van der Waals surface area contributed by atoms with E-state index in [1.54, 1.807) is 11.0 Å². The largest absolute Gasteiger partial charge is 0.465 e. The van der Waals surface area contributed by atoms with Crippen molar-refractivity contribution in [3.05, 3.63) is 15.8 Å². The monoisotopic (exact) mass is 509 g/mol. The molecule has 0 atom stereocenters. The number of halogens is 3. The summed E-state index contributed by atoms with van der Waals surface area (Å²) in [6.07, 6.45) is 0.599. The number of alkyl halides is 3. The SMILES string of the molecule is COC(=O)c1sc(C#CC2(C(F)(F)F)CC2)cc1N(C(=O)[C@H]1CC[C@H](C)CC1)C1CCC(=O)CC1. The number of nitrogens with zero attached hydrogens (tertiary/aromatic N) is 1. The highest BCUT2D eigenvalue weighted by Gasteiger charge is 2.62. The molecule has 0 radical (unpaired) electrons. The molecule has 5 nitrogen and oxygen atoms in total. The summed E-state index contributed by atoms with van der Waals surface area (Å²) < 4.78 is 45.0. The first-order valence-corrected chi connectivity index (χ1v) is 13.0. The molecule has 4 rings (SSSR count). The Hall–Kier alpha value is -2.34. The third kappa shape index (κ3) is 5.42. The second kappa shape index (κ2) is 9.96. The summed E-state index contributed by atoms with van der Waals surface area (Å²) in [5.41, 5.74) is -1.65. The average molecular weight is 510 g/mol. The highest BCUT2D eigenvalue weighted by molar-refractivity contribution is 7.15. The van der Waals surface area contributed by atoms with E-state index >= 15 is 0 Å². The Labute approximate surface area is 207 Å². The minimum atomic E-state index is -4.40. The Bertz CT molecular complexity index is 1040. The van der Waals surface area contributed by atoms with Crippen molar-refractivity contribution in [2.45, 2.75) is 83.4 Å². The minimum Gasteiger partial charge on any atom is -0.465 e. The normalized spacial score (nSPS) is 24.3. The van der Waals surface area contributed by atoms with E-state index in [1.165, 1.54) is 7.11 Å². The topological polar surface area (TPSA) is 63.7 Å². The van der Waals surface area contributed by atoms with Crippen LogP contribution in [0.5, 0.6) is 0 Å². The molecule has 3 aliphatic rings. The number of Topliss-reactive ketones (excluding diaryl/α,β-unsaturated/α-hetero) is 1. The molecule has 0 spiro atoms.